The minimum atomic E-state index is -4.50. The lowest BCUT2D eigenvalue weighted by Crippen LogP contribution is -2.49. The first-order chi connectivity index (χ1) is 12.3. The lowest BCUT2D eigenvalue weighted by molar-refractivity contribution is -0.141. The van der Waals surface area contributed by atoms with Gasteiger partial charge in [-0.15, -0.1) is 0 Å². The van der Waals surface area contributed by atoms with Crippen molar-refractivity contribution < 1.29 is 22.8 Å². The molecular weight excluding hydrogens is 351 g/mol. The largest absolute Gasteiger partial charge is 0.433 e. The summed E-state index contributed by atoms with van der Waals surface area (Å²) in [5.74, 6) is -0.0932. The van der Waals surface area contributed by atoms with Crippen molar-refractivity contribution in [1.29, 1.82) is 0 Å². The van der Waals surface area contributed by atoms with E-state index in [-0.39, 0.29) is 29.6 Å². The molecule has 1 aromatic heterocycles. The third kappa shape index (κ3) is 4.41. The van der Waals surface area contributed by atoms with Crippen molar-refractivity contribution in [3.8, 4) is 0 Å². The molecule has 0 radical (unpaired) electrons. The first-order valence-corrected chi connectivity index (χ1v) is 8.54. The second-order valence-electron chi connectivity index (χ2n) is 6.57. The van der Waals surface area contributed by atoms with Crippen LogP contribution < -0.4 is 15.5 Å². The van der Waals surface area contributed by atoms with Crippen LogP contribution in [-0.4, -0.2) is 47.5 Å². The van der Waals surface area contributed by atoms with Gasteiger partial charge in [-0.3, -0.25) is 9.59 Å². The van der Waals surface area contributed by atoms with Gasteiger partial charge in [0.1, 0.15) is 17.8 Å². The molecule has 26 heavy (non-hydrogen) atoms. The van der Waals surface area contributed by atoms with Crippen LogP contribution >= 0.6 is 0 Å². The van der Waals surface area contributed by atoms with Gasteiger partial charge in [0.05, 0.1) is 5.92 Å². The highest BCUT2D eigenvalue weighted by molar-refractivity contribution is 5.83. The molecule has 0 unspecified atom stereocenters. The van der Waals surface area contributed by atoms with Crippen LogP contribution in [0.1, 0.15) is 31.4 Å². The van der Waals surface area contributed by atoms with E-state index in [0.29, 0.717) is 45.3 Å². The highest BCUT2D eigenvalue weighted by Crippen LogP contribution is 2.29. The molecule has 2 amide bonds. The molecule has 142 valence electrons. The van der Waals surface area contributed by atoms with E-state index in [2.05, 4.69) is 20.6 Å². The number of carbonyl (C=O) groups excluding carboxylic acids is 2. The summed E-state index contributed by atoms with van der Waals surface area (Å²) in [6, 6.07) is 0.921. The zero-order valence-electron chi connectivity index (χ0n) is 14.1. The molecule has 7 nitrogen and oxygen atoms in total. The minimum absolute atomic E-state index is 0.0275. The van der Waals surface area contributed by atoms with Gasteiger partial charge in [0.15, 0.2) is 0 Å². The maximum Gasteiger partial charge on any atom is 0.433 e. The van der Waals surface area contributed by atoms with Gasteiger partial charge in [-0.05, 0) is 19.3 Å². The molecule has 2 saturated heterocycles. The third-order valence-electron chi connectivity index (χ3n) is 4.74. The quantitative estimate of drug-likeness (QED) is 0.831. The highest BCUT2D eigenvalue weighted by atomic mass is 19.4. The number of carbonyl (C=O) groups is 2. The summed E-state index contributed by atoms with van der Waals surface area (Å²) in [6.07, 6.45) is -1.45. The number of rotatable bonds is 3. The van der Waals surface area contributed by atoms with E-state index in [9.17, 15) is 22.8 Å². The molecule has 3 heterocycles. The number of amides is 2. The number of anilines is 1. The van der Waals surface area contributed by atoms with E-state index in [0.717, 1.165) is 12.4 Å². The Morgan fingerprint density at radius 1 is 1.23 bits per heavy atom. The molecule has 1 atom stereocenters. The molecule has 2 N–H and O–H groups in total. The normalized spacial score (nSPS) is 22.0. The Balaban J connectivity index is 1.51. The Labute approximate surface area is 148 Å². The number of hydrogen-bond acceptors (Lipinski definition) is 5. The summed E-state index contributed by atoms with van der Waals surface area (Å²) in [7, 11) is 0. The number of piperidine rings is 2. The number of nitrogens with zero attached hydrogens (tertiary/aromatic N) is 3. The van der Waals surface area contributed by atoms with Gasteiger partial charge in [-0.2, -0.15) is 13.2 Å². The van der Waals surface area contributed by atoms with E-state index in [4.69, 9.17) is 0 Å². The van der Waals surface area contributed by atoms with Crippen LogP contribution in [0.25, 0.3) is 0 Å². The van der Waals surface area contributed by atoms with Crippen LogP contribution in [0.4, 0.5) is 19.0 Å². The number of aromatic nitrogens is 2. The Morgan fingerprint density at radius 2 is 1.96 bits per heavy atom. The predicted molar refractivity (Wildman–Crippen MR) is 86.1 cm³/mol. The van der Waals surface area contributed by atoms with E-state index < -0.39 is 11.9 Å². The summed E-state index contributed by atoms with van der Waals surface area (Å²) >= 11 is 0. The van der Waals surface area contributed by atoms with E-state index in [1.807, 2.05) is 0 Å². The first kappa shape index (κ1) is 18.4. The summed E-state index contributed by atoms with van der Waals surface area (Å²) in [5, 5.41) is 5.66. The smallest absolute Gasteiger partial charge is 0.356 e. The average Bonchev–Trinajstić information content (AvgIpc) is 2.62. The SMILES string of the molecule is O=C1CC[C@@H](C(=O)NC2CCN(c3cc(C(F)(F)F)ncn3)CC2)CN1. The van der Waals surface area contributed by atoms with Gasteiger partial charge >= 0.3 is 6.18 Å². The number of alkyl halides is 3. The Kier molecular flexibility index (Phi) is 5.28. The Morgan fingerprint density at radius 3 is 2.58 bits per heavy atom. The van der Waals surface area contributed by atoms with E-state index in [1.165, 1.54) is 0 Å². The van der Waals surface area contributed by atoms with Crippen LogP contribution in [0, 0.1) is 5.92 Å². The summed E-state index contributed by atoms with van der Waals surface area (Å²) < 4.78 is 38.3. The standard InChI is InChI=1S/C16H20F3N5O2/c17-16(18,19)12-7-13(22-9-21-12)24-5-3-11(4-6-24)23-15(26)10-1-2-14(25)20-8-10/h7,9-11H,1-6,8H2,(H,20,25)(H,23,26)/t10-/m1/s1. The van der Waals surface area contributed by atoms with Crippen LogP contribution in [0.2, 0.25) is 0 Å². The van der Waals surface area contributed by atoms with Crippen molar-refractivity contribution in [3.63, 3.8) is 0 Å². The van der Waals surface area contributed by atoms with Gasteiger partial charge in [0, 0.05) is 38.2 Å². The van der Waals surface area contributed by atoms with Crippen LogP contribution in [0.15, 0.2) is 12.4 Å². The molecule has 2 fully saturated rings. The lowest BCUT2D eigenvalue weighted by atomic mass is 9.97. The second-order valence-corrected chi connectivity index (χ2v) is 6.57. The first-order valence-electron chi connectivity index (χ1n) is 8.54. The molecule has 0 aliphatic carbocycles. The van der Waals surface area contributed by atoms with Gasteiger partial charge in [-0.25, -0.2) is 9.97 Å². The molecule has 3 rings (SSSR count). The summed E-state index contributed by atoms with van der Waals surface area (Å²) in [6.45, 7) is 1.35. The molecular formula is C16H20F3N5O2. The number of nitrogens with one attached hydrogen (secondary N) is 2. The monoisotopic (exact) mass is 371 g/mol. The molecule has 10 heteroatoms. The van der Waals surface area contributed by atoms with E-state index >= 15 is 0 Å². The second kappa shape index (κ2) is 7.46. The van der Waals surface area contributed by atoms with Gasteiger partial charge in [0.2, 0.25) is 11.8 Å². The fraction of sp³-hybridized carbons (Fsp3) is 0.625. The highest BCUT2D eigenvalue weighted by Gasteiger charge is 2.34. The molecule has 0 bridgehead atoms. The maximum absolute atomic E-state index is 12.8. The summed E-state index contributed by atoms with van der Waals surface area (Å²) in [5.41, 5.74) is -0.961. The maximum atomic E-state index is 12.8. The van der Waals surface area contributed by atoms with Crippen LogP contribution in [-0.2, 0) is 15.8 Å². The fourth-order valence-electron chi connectivity index (χ4n) is 3.20. The lowest BCUT2D eigenvalue weighted by Gasteiger charge is -2.34. The van der Waals surface area contributed by atoms with Crippen LogP contribution in [0.5, 0.6) is 0 Å². The minimum Gasteiger partial charge on any atom is -0.356 e. The molecule has 1 aromatic rings. The van der Waals surface area contributed by atoms with E-state index in [1.54, 1.807) is 4.90 Å². The van der Waals surface area contributed by atoms with Gasteiger partial charge in [0.25, 0.3) is 0 Å². The molecule has 0 aromatic carbocycles. The van der Waals surface area contributed by atoms with Gasteiger partial charge < -0.3 is 15.5 Å². The summed E-state index contributed by atoms with van der Waals surface area (Å²) in [4.78, 5) is 32.4. The number of hydrogen-bond donors (Lipinski definition) is 2. The average molecular weight is 371 g/mol. The Bertz CT molecular complexity index is 664. The van der Waals surface area contributed by atoms with Crippen molar-refractivity contribution in [2.24, 2.45) is 5.92 Å². The van der Waals surface area contributed by atoms with Gasteiger partial charge in [-0.1, -0.05) is 0 Å². The van der Waals surface area contributed by atoms with Crippen molar-refractivity contribution in [2.75, 3.05) is 24.5 Å². The number of halogens is 3. The molecule has 0 spiro atoms. The molecule has 2 aliphatic heterocycles. The van der Waals surface area contributed by atoms with Crippen molar-refractivity contribution >= 4 is 17.6 Å². The zero-order chi connectivity index (χ0) is 18.7. The van der Waals surface area contributed by atoms with Crippen LogP contribution in [0.3, 0.4) is 0 Å². The van der Waals surface area contributed by atoms with Crippen molar-refractivity contribution in [3.05, 3.63) is 18.1 Å². The Hall–Kier alpha value is -2.39. The fourth-order valence-corrected chi connectivity index (χ4v) is 3.20. The topological polar surface area (TPSA) is 87.2 Å². The predicted octanol–water partition coefficient (Wildman–Crippen LogP) is 1.11. The van der Waals surface area contributed by atoms with Crippen molar-refractivity contribution in [1.82, 2.24) is 20.6 Å². The molecule has 0 saturated carbocycles. The zero-order valence-corrected chi connectivity index (χ0v) is 14.1. The molecule has 2 aliphatic rings. The van der Waals surface area contributed by atoms with Crippen molar-refractivity contribution in [2.45, 2.75) is 37.9 Å². The third-order valence-corrected chi connectivity index (χ3v) is 4.74.